The number of carbonyl (C=O) groups is 2. The Morgan fingerprint density at radius 3 is 2.67 bits per heavy atom. The number of hydrogen-bond donors (Lipinski definition) is 2. The van der Waals surface area contributed by atoms with Gasteiger partial charge in [0, 0.05) is 25.2 Å². The first-order chi connectivity index (χ1) is 14.6. The molecule has 4 rings (SSSR count). The smallest absolute Gasteiger partial charge is 0.274 e. The lowest BCUT2D eigenvalue weighted by Crippen LogP contribution is -2.41. The SMILES string of the molecule is CCn1ncc(NC(=O)c2cc(-c3ccc(F)cc3)n[nH]2)c1C(=O)N1CCOCC1. The maximum Gasteiger partial charge on any atom is 0.274 e. The van der Waals surface area contributed by atoms with Crippen LogP contribution in [0.1, 0.15) is 27.9 Å². The summed E-state index contributed by atoms with van der Waals surface area (Å²) in [6, 6.07) is 7.38. The number of H-pyrrole nitrogens is 1. The third-order valence-electron chi connectivity index (χ3n) is 4.85. The van der Waals surface area contributed by atoms with Crippen LogP contribution in [-0.2, 0) is 11.3 Å². The predicted octanol–water partition coefficient (Wildman–Crippen LogP) is 2.16. The lowest BCUT2D eigenvalue weighted by atomic mass is 10.1. The number of benzene rings is 1. The molecule has 1 aliphatic rings. The summed E-state index contributed by atoms with van der Waals surface area (Å²) in [5, 5.41) is 13.8. The Morgan fingerprint density at radius 1 is 1.23 bits per heavy atom. The van der Waals surface area contributed by atoms with E-state index < -0.39 is 5.91 Å². The fourth-order valence-corrected chi connectivity index (χ4v) is 3.25. The largest absolute Gasteiger partial charge is 0.378 e. The second-order valence-corrected chi connectivity index (χ2v) is 6.76. The molecule has 9 nitrogen and oxygen atoms in total. The number of nitrogens with one attached hydrogen (secondary N) is 2. The van der Waals surface area contributed by atoms with E-state index >= 15 is 0 Å². The van der Waals surface area contributed by atoms with Crippen LogP contribution in [0.25, 0.3) is 11.3 Å². The number of anilines is 1. The summed E-state index contributed by atoms with van der Waals surface area (Å²) >= 11 is 0. The number of amides is 2. The molecule has 2 amide bonds. The van der Waals surface area contributed by atoms with Crippen LogP contribution in [0.3, 0.4) is 0 Å². The number of aryl methyl sites for hydroxylation is 1. The van der Waals surface area contributed by atoms with Gasteiger partial charge in [-0.2, -0.15) is 10.2 Å². The Bertz CT molecular complexity index is 1050. The van der Waals surface area contributed by atoms with Crippen LogP contribution in [0.4, 0.5) is 10.1 Å². The van der Waals surface area contributed by atoms with Gasteiger partial charge in [-0.1, -0.05) is 0 Å². The molecule has 0 aliphatic carbocycles. The van der Waals surface area contributed by atoms with Crippen molar-refractivity contribution in [1.29, 1.82) is 0 Å². The van der Waals surface area contributed by atoms with Crippen molar-refractivity contribution in [3.05, 3.63) is 53.7 Å². The minimum Gasteiger partial charge on any atom is -0.378 e. The molecule has 0 unspecified atom stereocenters. The number of ether oxygens (including phenoxy) is 1. The summed E-state index contributed by atoms with van der Waals surface area (Å²) in [5.74, 6) is -1.01. The van der Waals surface area contributed by atoms with Crippen molar-refractivity contribution in [2.75, 3.05) is 31.6 Å². The number of aromatic nitrogens is 4. The molecule has 10 heteroatoms. The highest BCUT2D eigenvalue weighted by atomic mass is 19.1. The van der Waals surface area contributed by atoms with Gasteiger partial charge >= 0.3 is 0 Å². The first kappa shape index (κ1) is 19.8. The van der Waals surface area contributed by atoms with Crippen molar-refractivity contribution in [2.24, 2.45) is 0 Å². The third-order valence-corrected chi connectivity index (χ3v) is 4.85. The fourth-order valence-electron chi connectivity index (χ4n) is 3.25. The van der Waals surface area contributed by atoms with E-state index in [9.17, 15) is 14.0 Å². The average Bonchev–Trinajstić information content (AvgIpc) is 3.42. The van der Waals surface area contributed by atoms with Gasteiger partial charge in [-0.25, -0.2) is 4.39 Å². The van der Waals surface area contributed by atoms with E-state index in [1.807, 2.05) is 6.92 Å². The molecule has 0 bridgehead atoms. The van der Waals surface area contributed by atoms with E-state index in [0.717, 1.165) is 0 Å². The van der Waals surface area contributed by atoms with Crippen LogP contribution in [0, 0.1) is 5.82 Å². The van der Waals surface area contributed by atoms with Gasteiger partial charge < -0.3 is 15.0 Å². The van der Waals surface area contributed by atoms with Crippen molar-refractivity contribution in [3.63, 3.8) is 0 Å². The molecule has 2 N–H and O–H groups in total. The molecule has 0 saturated carbocycles. The Kier molecular flexibility index (Phi) is 5.57. The molecular weight excluding hydrogens is 391 g/mol. The van der Waals surface area contributed by atoms with Gasteiger partial charge in [0.05, 0.1) is 30.8 Å². The van der Waals surface area contributed by atoms with E-state index in [1.54, 1.807) is 27.8 Å². The van der Waals surface area contributed by atoms with Gasteiger partial charge in [0.25, 0.3) is 11.8 Å². The van der Waals surface area contributed by atoms with E-state index in [1.165, 1.54) is 18.3 Å². The van der Waals surface area contributed by atoms with Crippen molar-refractivity contribution in [1.82, 2.24) is 24.9 Å². The molecular formula is C20H21FN6O3. The number of morpholine rings is 1. The van der Waals surface area contributed by atoms with Gasteiger partial charge in [-0.05, 0) is 37.3 Å². The van der Waals surface area contributed by atoms with E-state index in [0.29, 0.717) is 55.5 Å². The number of hydrogen-bond acceptors (Lipinski definition) is 5. The van der Waals surface area contributed by atoms with Gasteiger partial charge in [0.1, 0.15) is 17.2 Å². The number of halogens is 1. The highest BCUT2D eigenvalue weighted by molar-refractivity contribution is 6.07. The third kappa shape index (κ3) is 3.94. The molecule has 3 heterocycles. The summed E-state index contributed by atoms with van der Waals surface area (Å²) in [7, 11) is 0. The maximum absolute atomic E-state index is 13.1. The topological polar surface area (TPSA) is 105 Å². The van der Waals surface area contributed by atoms with Crippen LogP contribution < -0.4 is 5.32 Å². The molecule has 3 aromatic rings. The van der Waals surface area contributed by atoms with Gasteiger partial charge in [-0.15, -0.1) is 0 Å². The van der Waals surface area contributed by atoms with Crippen molar-refractivity contribution < 1.29 is 18.7 Å². The Labute approximate surface area is 171 Å². The molecule has 1 aromatic carbocycles. The van der Waals surface area contributed by atoms with E-state index in [4.69, 9.17) is 4.74 Å². The second kappa shape index (κ2) is 8.46. The monoisotopic (exact) mass is 412 g/mol. The molecule has 30 heavy (non-hydrogen) atoms. The van der Waals surface area contributed by atoms with Crippen LogP contribution >= 0.6 is 0 Å². The van der Waals surface area contributed by atoms with Crippen molar-refractivity contribution in [2.45, 2.75) is 13.5 Å². The molecule has 0 atom stereocenters. The normalized spacial score (nSPS) is 14.0. The lowest BCUT2D eigenvalue weighted by molar-refractivity contribution is 0.0295. The van der Waals surface area contributed by atoms with E-state index in [2.05, 4.69) is 20.6 Å². The van der Waals surface area contributed by atoms with Crippen LogP contribution in [0.2, 0.25) is 0 Å². The zero-order valence-electron chi connectivity index (χ0n) is 16.4. The van der Waals surface area contributed by atoms with Crippen molar-refractivity contribution >= 4 is 17.5 Å². The Balaban J connectivity index is 1.54. The predicted molar refractivity (Wildman–Crippen MR) is 107 cm³/mol. The summed E-state index contributed by atoms with van der Waals surface area (Å²) < 4.78 is 20.0. The molecule has 1 saturated heterocycles. The minimum atomic E-state index is -0.456. The first-order valence-electron chi connectivity index (χ1n) is 9.62. The molecule has 156 valence electrons. The van der Waals surface area contributed by atoms with Gasteiger partial charge in [-0.3, -0.25) is 19.4 Å². The van der Waals surface area contributed by atoms with Crippen LogP contribution in [-0.4, -0.2) is 63.0 Å². The minimum absolute atomic E-state index is 0.204. The van der Waals surface area contributed by atoms with Crippen LogP contribution in [0.15, 0.2) is 36.5 Å². The highest BCUT2D eigenvalue weighted by Gasteiger charge is 2.26. The zero-order valence-corrected chi connectivity index (χ0v) is 16.4. The number of aromatic amines is 1. The molecule has 1 fully saturated rings. The standard InChI is InChI=1S/C20H21FN6O3/c1-2-27-18(20(29)26-7-9-30-10-8-26)17(12-22-27)23-19(28)16-11-15(24-25-16)13-3-5-14(21)6-4-13/h3-6,11-12H,2,7-10H2,1H3,(H,23,28)(H,24,25). The molecule has 0 spiro atoms. The number of rotatable bonds is 5. The van der Waals surface area contributed by atoms with Gasteiger partial charge in [0.15, 0.2) is 0 Å². The Morgan fingerprint density at radius 2 is 1.97 bits per heavy atom. The zero-order chi connectivity index (χ0) is 21.1. The van der Waals surface area contributed by atoms with E-state index in [-0.39, 0.29) is 17.4 Å². The quantitative estimate of drug-likeness (QED) is 0.668. The summed E-state index contributed by atoms with van der Waals surface area (Å²) in [6.45, 7) is 4.30. The van der Waals surface area contributed by atoms with Crippen LogP contribution in [0.5, 0.6) is 0 Å². The molecule has 0 radical (unpaired) electrons. The number of nitrogens with zero attached hydrogens (tertiary/aromatic N) is 4. The summed E-state index contributed by atoms with van der Waals surface area (Å²) in [5.41, 5.74) is 2.05. The fraction of sp³-hybridized carbons (Fsp3) is 0.300. The maximum atomic E-state index is 13.1. The highest BCUT2D eigenvalue weighted by Crippen LogP contribution is 2.21. The average molecular weight is 412 g/mol. The lowest BCUT2D eigenvalue weighted by Gasteiger charge is -2.27. The first-order valence-corrected chi connectivity index (χ1v) is 9.62. The van der Waals surface area contributed by atoms with Crippen molar-refractivity contribution in [3.8, 4) is 11.3 Å². The number of carbonyl (C=O) groups excluding carboxylic acids is 2. The Hall–Kier alpha value is -3.53. The summed E-state index contributed by atoms with van der Waals surface area (Å²) in [6.07, 6.45) is 1.46. The second-order valence-electron chi connectivity index (χ2n) is 6.76. The molecule has 2 aromatic heterocycles. The molecule has 1 aliphatic heterocycles. The summed E-state index contributed by atoms with van der Waals surface area (Å²) in [4.78, 5) is 27.4. The van der Waals surface area contributed by atoms with Gasteiger partial charge in [0.2, 0.25) is 0 Å².